The first-order chi connectivity index (χ1) is 8.88. The van der Waals surface area contributed by atoms with E-state index >= 15 is 0 Å². The lowest BCUT2D eigenvalue weighted by Gasteiger charge is -2.36. The van der Waals surface area contributed by atoms with Gasteiger partial charge in [0.25, 0.3) is 0 Å². The van der Waals surface area contributed by atoms with E-state index in [4.69, 9.17) is 10.5 Å². The average molecular weight is 303 g/mol. The van der Waals surface area contributed by atoms with Gasteiger partial charge in [0.2, 0.25) is 5.91 Å². The third-order valence-corrected chi connectivity index (χ3v) is 3.15. The summed E-state index contributed by atoms with van der Waals surface area (Å²) in [7, 11) is 0. The maximum absolute atomic E-state index is 12.9. The van der Waals surface area contributed by atoms with Crippen LogP contribution in [-0.2, 0) is 9.53 Å². The number of rotatable bonds is 2. The molecular weight excluding hydrogens is 283 g/mol. The van der Waals surface area contributed by atoms with Crippen LogP contribution in [0.2, 0.25) is 0 Å². The van der Waals surface area contributed by atoms with Crippen LogP contribution in [0, 0.1) is 5.82 Å². The predicted octanol–water partition coefficient (Wildman–Crippen LogP) is 1.88. The zero-order valence-corrected chi connectivity index (χ0v) is 12.5. The summed E-state index contributed by atoms with van der Waals surface area (Å²) >= 11 is 0. The van der Waals surface area contributed by atoms with Gasteiger partial charge in [0.1, 0.15) is 11.9 Å². The molecule has 1 aromatic carbocycles. The van der Waals surface area contributed by atoms with Gasteiger partial charge in [0.15, 0.2) is 0 Å². The van der Waals surface area contributed by atoms with Gasteiger partial charge in [-0.15, -0.1) is 12.4 Å². The second-order valence-corrected chi connectivity index (χ2v) is 5.38. The fourth-order valence-corrected chi connectivity index (χ4v) is 2.12. The summed E-state index contributed by atoms with van der Waals surface area (Å²) < 4.78 is 18.5. The van der Waals surface area contributed by atoms with Gasteiger partial charge in [-0.1, -0.05) is 12.1 Å². The molecule has 1 atom stereocenters. The van der Waals surface area contributed by atoms with Crippen molar-refractivity contribution in [1.29, 1.82) is 0 Å². The van der Waals surface area contributed by atoms with Crippen LogP contribution in [0.1, 0.15) is 25.5 Å². The molecule has 1 unspecified atom stereocenters. The topological polar surface area (TPSA) is 55.6 Å². The molecule has 1 amide bonds. The number of morpholine rings is 1. The van der Waals surface area contributed by atoms with Gasteiger partial charge in [-0.05, 0) is 31.5 Å². The smallest absolute Gasteiger partial charge is 0.242 e. The summed E-state index contributed by atoms with van der Waals surface area (Å²) in [4.78, 5) is 13.8. The van der Waals surface area contributed by atoms with Crippen molar-refractivity contribution in [3.05, 3.63) is 35.6 Å². The van der Waals surface area contributed by atoms with Gasteiger partial charge in [-0.25, -0.2) is 4.39 Å². The lowest BCUT2D eigenvalue weighted by molar-refractivity contribution is -0.143. The van der Waals surface area contributed by atoms with Gasteiger partial charge in [-0.2, -0.15) is 0 Å². The molecule has 1 aliphatic rings. The Morgan fingerprint density at radius 1 is 1.40 bits per heavy atom. The average Bonchev–Trinajstić information content (AvgIpc) is 2.38. The van der Waals surface area contributed by atoms with Crippen LogP contribution in [0.15, 0.2) is 24.3 Å². The Labute approximate surface area is 124 Å². The SMILES string of the molecule is CC(C)(N)C(=O)N1CCOC(c2ccc(F)cc2)C1.Cl. The van der Waals surface area contributed by atoms with E-state index in [1.165, 1.54) is 12.1 Å². The number of nitrogens with two attached hydrogens (primary N) is 1. The Kier molecular flexibility index (Phi) is 5.50. The Balaban J connectivity index is 0.00000200. The van der Waals surface area contributed by atoms with Crippen LogP contribution in [0.25, 0.3) is 0 Å². The first-order valence-corrected chi connectivity index (χ1v) is 6.33. The molecule has 2 rings (SSSR count). The van der Waals surface area contributed by atoms with E-state index in [1.54, 1.807) is 30.9 Å². The van der Waals surface area contributed by atoms with E-state index in [-0.39, 0.29) is 30.2 Å². The highest BCUT2D eigenvalue weighted by Gasteiger charge is 2.32. The minimum absolute atomic E-state index is 0. The molecule has 1 fully saturated rings. The first kappa shape index (κ1) is 16.9. The predicted molar refractivity (Wildman–Crippen MR) is 77.2 cm³/mol. The Hall–Kier alpha value is -1.17. The number of benzene rings is 1. The van der Waals surface area contributed by atoms with E-state index in [2.05, 4.69) is 0 Å². The van der Waals surface area contributed by atoms with Crippen molar-refractivity contribution in [3.63, 3.8) is 0 Å². The molecular formula is C14H20ClFN2O2. The normalized spacial score (nSPS) is 19.4. The minimum atomic E-state index is -0.884. The number of halogens is 2. The van der Waals surface area contributed by atoms with Crippen LogP contribution in [0.5, 0.6) is 0 Å². The zero-order chi connectivity index (χ0) is 14.0. The van der Waals surface area contributed by atoms with E-state index in [1.807, 2.05) is 0 Å². The highest BCUT2D eigenvalue weighted by molar-refractivity contribution is 5.85. The van der Waals surface area contributed by atoms with Crippen molar-refractivity contribution in [2.45, 2.75) is 25.5 Å². The molecule has 1 aliphatic heterocycles. The molecule has 20 heavy (non-hydrogen) atoms. The minimum Gasteiger partial charge on any atom is -0.370 e. The number of amides is 1. The summed E-state index contributed by atoms with van der Waals surface area (Å²) in [5, 5.41) is 0. The quantitative estimate of drug-likeness (QED) is 0.907. The van der Waals surface area contributed by atoms with E-state index in [9.17, 15) is 9.18 Å². The van der Waals surface area contributed by atoms with Crippen LogP contribution in [0.3, 0.4) is 0 Å². The molecule has 4 nitrogen and oxygen atoms in total. The molecule has 0 spiro atoms. The third-order valence-electron chi connectivity index (χ3n) is 3.15. The molecule has 1 heterocycles. The summed E-state index contributed by atoms with van der Waals surface area (Å²) in [5.41, 5.74) is 5.82. The molecule has 1 aromatic rings. The molecule has 0 radical (unpaired) electrons. The largest absolute Gasteiger partial charge is 0.370 e. The van der Waals surface area contributed by atoms with Crippen LogP contribution < -0.4 is 5.73 Å². The van der Waals surface area contributed by atoms with Crippen LogP contribution in [-0.4, -0.2) is 36.0 Å². The molecule has 1 saturated heterocycles. The fraction of sp³-hybridized carbons (Fsp3) is 0.500. The van der Waals surface area contributed by atoms with Crippen molar-refractivity contribution < 1.29 is 13.9 Å². The van der Waals surface area contributed by atoms with Crippen molar-refractivity contribution in [3.8, 4) is 0 Å². The molecule has 0 aromatic heterocycles. The number of carbonyl (C=O) groups is 1. The summed E-state index contributed by atoms with van der Waals surface area (Å²) in [5.74, 6) is -0.376. The van der Waals surface area contributed by atoms with Crippen molar-refractivity contribution in [2.24, 2.45) is 5.73 Å². The maximum Gasteiger partial charge on any atom is 0.242 e. The van der Waals surface area contributed by atoms with Crippen LogP contribution >= 0.6 is 12.4 Å². The van der Waals surface area contributed by atoms with E-state index in [0.717, 1.165) is 5.56 Å². The van der Waals surface area contributed by atoms with Crippen molar-refractivity contribution in [2.75, 3.05) is 19.7 Å². The Morgan fingerprint density at radius 2 is 2.00 bits per heavy atom. The van der Waals surface area contributed by atoms with Gasteiger partial charge in [0.05, 0.1) is 18.7 Å². The van der Waals surface area contributed by atoms with Gasteiger partial charge >= 0.3 is 0 Å². The summed E-state index contributed by atoms with van der Waals surface area (Å²) in [6.45, 7) is 4.83. The highest BCUT2D eigenvalue weighted by atomic mass is 35.5. The van der Waals surface area contributed by atoms with Crippen LogP contribution in [0.4, 0.5) is 4.39 Å². The Bertz CT molecular complexity index is 459. The van der Waals surface area contributed by atoms with Gasteiger partial charge in [0, 0.05) is 6.54 Å². The molecule has 0 aliphatic carbocycles. The van der Waals surface area contributed by atoms with E-state index < -0.39 is 5.54 Å². The van der Waals surface area contributed by atoms with Gasteiger partial charge < -0.3 is 15.4 Å². The number of nitrogens with zero attached hydrogens (tertiary/aromatic N) is 1. The lowest BCUT2D eigenvalue weighted by atomic mass is 10.0. The molecule has 0 bridgehead atoms. The third kappa shape index (κ3) is 3.91. The lowest BCUT2D eigenvalue weighted by Crippen LogP contribution is -2.54. The van der Waals surface area contributed by atoms with Crippen molar-refractivity contribution >= 4 is 18.3 Å². The zero-order valence-electron chi connectivity index (χ0n) is 11.6. The number of ether oxygens (including phenoxy) is 1. The first-order valence-electron chi connectivity index (χ1n) is 6.33. The second-order valence-electron chi connectivity index (χ2n) is 5.38. The Morgan fingerprint density at radius 3 is 2.55 bits per heavy atom. The number of hydrogen-bond acceptors (Lipinski definition) is 3. The maximum atomic E-state index is 12.9. The van der Waals surface area contributed by atoms with Crippen molar-refractivity contribution in [1.82, 2.24) is 4.90 Å². The molecule has 2 N–H and O–H groups in total. The standard InChI is InChI=1S/C14H19FN2O2.ClH/c1-14(2,16)13(18)17-7-8-19-12(9-17)10-3-5-11(15)6-4-10;/h3-6,12H,7-9,16H2,1-2H3;1H. The van der Waals surface area contributed by atoms with Gasteiger partial charge in [-0.3, -0.25) is 4.79 Å². The number of hydrogen-bond donors (Lipinski definition) is 1. The highest BCUT2D eigenvalue weighted by Crippen LogP contribution is 2.23. The second kappa shape index (κ2) is 6.52. The summed E-state index contributed by atoms with van der Waals surface area (Å²) in [6.07, 6.45) is -0.222. The monoisotopic (exact) mass is 302 g/mol. The van der Waals surface area contributed by atoms with E-state index in [0.29, 0.717) is 19.7 Å². The number of carbonyl (C=O) groups excluding carboxylic acids is 1. The molecule has 6 heteroatoms. The fourth-order valence-electron chi connectivity index (χ4n) is 2.12. The molecule has 0 saturated carbocycles. The summed E-state index contributed by atoms with van der Waals surface area (Å²) in [6, 6.07) is 6.15. The molecule has 112 valence electrons.